The van der Waals surface area contributed by atoms with Crippen LogP contribution >= 0.6 is 0 Å². The van der Waals surface area contributed by atoms with Crippen LogP contribution in [0.1, 0.15) is 11.4 Å². The van der Waals surface area contributed by atoms with Gasteiger partial charge in [-0.25, -0.2) is 9.78 Å². The fourth-order valence-corrected chi connectivity index (χ4v) is 2.70. The Labute approximate surface area is 147 Å². The number of carbonyl (C=O) groups is 1. The van der Waals surface area contributed by atoms with Crippen LogP contribution in [0.25, 0.3) is 11.0 Å². The zero-order valence-electron chi connectivity index (χ0n) is 14.0. The maximum atomic E-state index is 13.2. The van der Waals surface area contributed by atoms with E-state index in [1.54, 1.807) is 36.4 Å². The van der Waals surface area contributed by atoms with Crippen molar-refractivity contribution in [1.29, 1.82) is 0 Å². The summed E-state index contributed by atoms with van der Waals surface area (Å²) in [6.07, 6.45) is -4.57. The van der Waals surface area contributed by atoms with E-state index in [-0.39, 0.29) is 18.6 Å². The Morgan fingerprint density at radius 2 is 1.92 bits per heavy atom. The minimum Gasteiger partial charge on any atom is -0.336 e. The maximum Gasteiger partial charge on any atom is 0.449 e. The Bertz CT molecular complexity index is 934. The molecule has 0 saturated heterocycles. The highest BCUT2D eigenvalue weighted by Gasteiger charge is 2.37. The molecule has 0 aliphatic rings. The van der Waals surface area contributed by atoms with E-state index in [1.807, 2.05) is 13.0 Å². The number of aryl methyl sites for hydroxylation is 1. The van der Waals surface area contributed by atoms with Crippen LogP contribution in [0.4, 0.5) is 23.7 Å². The summed E-state index contributed by atoms with van der Waals surface area (Å²) in [6, 6.07) is 13.1. The van der Waals surface area contributed by atoms with Crippen molar-refractivity contribution in [3.8, 4) is 0 Å². The Kier molecular flexibility index (Phi) is 4.83. The fourth-order valence-electron chi connectivity index (χ4n) is 2.70. The number of urea groups is 1. The fraction of sp³-hybridized carbons (Fsp3) is 0.222. The number of fused-ring (bicyclic) bond motifs is 1. The largest absolute Gasteiger partial charge is 0.449 e. The van der Waals surface area contributed by atoms with Crippen LogP contribution in [-0.4, -0.2) is 22.1 Å². The number of halogens is 3. The third kappa shape index (κ3) is 3.96. The van der Waals surface area contributed by atoms with Crippen LogP contribution < -0.4 is 10.6 Å². The molecule has 136 valence electrons. The Hall–Kier alpha value is -3.03. The molecule has 5 nitrogen and oxygen atoms in total. The van der Waals surface area contributed by atoms with Crippen molar-refractivity contribution >= 4 is 22.8 Å². The Morgan fingerprint density at radius 3 is 2.65 bits per heavy atom. The quantitative estimate of drug-likeness (QED) is 0.731. The van der Waals surface area contributed by atoms with E-state index in [0.29, 0.717) is 11.2 Å². The van der Waals surface area contributed by atoms with Crippen molar-refractivity contribution in [2.45, 2.75) is 19.6 Å². The predicted molar refractivity (Wildman–Crippen MR) is 92.9 cm³/mol. The molecule has 0 aliphatic heterocycles. The third-order valence-electron chi connectivity index (χ3n) is 3.81. The molecule has 3 rings (SSSR count). The number of alkyl halides is 3. The highest BCUT2D eigenvalue weighted by atomic mass is 19.4. The molecular formula is C18H17F3N4O. The average molecular weight is 362 g/mol. The van der Waals surface area contributed by atoms with Gasteiger partial charge in [0.15, 0.2) is 0 Å². The topological polar surface area (TPSA) is 59.0 Å². The van der Waals surface area contributed by atoms with E-state index in [0.717, 1.165) is 10.1 Å². The van der Waals surface area contributed by atoms with Gasteiger partial charge in [0.05, 0.1) is 11.0 Å². The average Bonchev–Trinajstić information content (AvgIpc) is 2.94. The molecule has 0 saturated carbocycles. The number of carbonyl (C=O) groups excluding carboxylic acids is 1. The monoisotopic (exact) mass is 362 g/mol. The van der Waals surface area contributed by atoms with Gasteiger partial charge in [0.25, 0.3) is 0 Å². The molecule has 2 aromatic carbocycles. The molecular weight excluding hydrogens is 345 g/mol. The van der Waals surface area contributed by atoms with Crippen LogP contribution in [0.3, 0.4) is 0 Å². The lowest BCUT2D eigenvalue weighted by molar-refractivity contribution is -0.146. The van der Waals surface area contributed by atoms with Crippen molar-refractivity contribution < 1.29 is 18.0 Å². The van der Waals surface area contributed by atoms with Gasteiger partial charge in [-0.1, -0.05) is 24.3 Å². The van der Waals surface area contributed by atoms with Gasteiger partial charge in [-0.3, -0.25) is 0 Å². The van der Waals surface area contributed by atoms with Gasteiger partial charge in [0.1, 0.15) is 0 Å². The minimum absolute atomic E-state index is 0.0289. The highest BCUT2D eigenvalue weighted by molar-refractivity contribution is 5.89. The summed E-state index contributed by atoms with van der Waals surface area (Å²) in [7, 11) is 0. The van der Waals surface area contributed by atoms with Gasteiger partial charge in [0.2, 0.25) is 5.82 Å². The molecule has 0 fully saturated rings. The number of nitrogens with one attached hydrogen (secondary N) is 2. The summed E-state index contributed by atoms with van der Waals surface area (Å²) in [5.74, 6) is -0.973. The summed E-state index contributed by atoms with van der Waals surface area (Å²) < 4.78 is 40.7. The summed E-state index contributed by atoms with van der Waals surface area (Å²) >= 11 is 0. The first-order valence-corrected chi connectivity index (χ1v) is 7.98. The van der Waals surface area contributed by atoms with Gasteiger partial charge in [-0.05, 0) is 36.8 Å². The van der Waals surface area contributed by atoms with Crippen molar-refractivity contribution in [3.63, 3.8) is 0 Å². The number of benzene rings is 2. The van der Waals surface area contributed by atoms with Gasteiger partial charge < -0.3 is 15.2 Å². The summed E-state index contributed by atoms with van der Waals surface area (Å²) in [6.45, 7) is 1.88. The summed E-state index contributed by atoms with van der Waals surface area (Å²) in [4.78, 5) is 15.6. The van der Waals surface area contributed by atoms with Crippen LogP contribution in [0.5, 0.6) is 0 Å². The van der Waals surface area contributed by atoms with E-state index in [1.165, 1.54) is 6.07 Å². The van der Waals surface area contributed by atoms with E-state index < -0.39 is 18.0 Å². The molecule has 0 unspecified atom stereocenters. The van der Waals surface area contributed by atoms with Gasteiger partial charge >= 0.3 is 12.2 Å². The molecule has 2 amide bonds. The molecule has 0 radical (unpaired) electrons. The first-order chi connectivity index (χ1) is 12.3. The summed E-state index contributed by atoms with van der Waals surface area (Å²) in [5.41, 5.74) is 2.25. The third-order valence-corrected chi connectivity index (χ3v) is 3.81. The maximum absolute atomic E-state index is 13.2. The SMILES string of the molecule is Cc1cccc(NC(=O)NCCn2c(C(F)(F)F)nc3ccccc32)c1. The second-order valence-electron chi connectivity index (χ2n) is 5.82. The Balaban J connectivity index is 1.69. The van der Waals surface area contributed by atoms with Crippen LogP contribution in [0.2, 0.25) is 0 Å². The minimum atomic E-state index is -4.57. The Morgan fingerprint density at radius 1 is 1.15 bits per heavy atom. The number of para-hydroxylation sites is 2. The zero-order valence-corrected chi connectivity index (χ0v) is 14.0. The molecule has 1 heterocycles. The number of hydrogen-bond donors (Lipinski definition) is 2. The molecule has 1 aromatic heterocycles. The number of aromatic nitrogens is 2. The predicted octanol–water partition coefficient (Wildman–Crippen LogP) is 4.19. The molecule has 0 spiro atoms. The molecule has 2 N–H and O–H groups in total. The van der Waals surface area contributed by atoms with Crippen molar-refractivity contribution in [2.24, 2.45) is 0 Å². The lowest BCUT2D eigenvalue weighted by Crippen LogP contribution is -2.32. The van der Waals surface area contributed by atoms with Crippen LogP contribution in [-0.2, 0) is 12.7 Å². The normalized spacial score (nSPS) is 11.5. The van der Waals surface area contributed by atoms with E-state index in [2.05, 4.69) is 15.6 Å². The molecule has 0 atom stereocenters. The molecule has 8 heteroatoms. The molecule has 0 bridgehead atoms. The number of rotatable bonds is 4. The number of hydrogen-bond acceptors (Lipinski definition) is 2. The second-order valence-corrected chi connectivity index (χ2v) is 5.82. The standard InChI is InChI=1S/C18H17F3N4O/c1-12-5-4-6-13(11-12)23-17(26)22-9-10-25-15-8-3-2-7-14(15)24-16(25)18(19,20)21/h2-8,11H,9-10H2,1H3,(H2,22,23,26). The van der Waals surface area contributed by atoms with E-state index in [4.69, 9.17) is 0 Å². The van der Waals surface area contributed by atoms with E-state index in [9.17, 15) is 18.0 Å². The molecule has 0 aliphatic carbocycles. The lowest BCUT2D eigenvalue weighted by atomic mass is 10.2. The smallest absolute Gasteiger partial charge is 0.336 e. The highest BCUT2D eigenvalue weighted by Crippen LogP contribution is 2.31. The van der Waals surface area contributed by atoms with Crippen molar-refractivity contribution in [3.05, 3.63) is 59.9 Å². The molecule has 26 heavy (non-hydrogen) atoms. The number of amides is 2. The summed E-state index contributed by atoms with van der Waals surface area (Å²) in [5, 5.41) is 5.21. The van der Waals surface area contributed by atoms with Crippen LogP contribution in [0, 0.1) is 6.92 Å². The van der Waals surface area contributed by atoms with Crippen LogP contribution in [0.15, 0.2) is 48.5 Å². The second kappa shape index (κ2) is 7.07. The van der Waals surface area contributed by atoms with Gasteiger partial charge in [0, 0.05) is 18.8 Å². The first-order valence-electron chi connectivity index (χ1n) is 7.98. The van der Waals surface area contributed by atoms with Gasteiger partial charge in [-0.2, -0.15) is 13.2 Å². The van der Waals surface area contributed by atoms with Crippen molar-refractivity contribution in [2.75, 3.05) is 11.9 Å². The van der Waals surface area contributed by atoms with E-state index >= 15 is 0 Å². The number of imidazole rings is 1. The number of nitrogens with zero attached hydrogens (tertiary/aromatic N) is 2. The molecule has 3 aromatic rings. The zero-order chi connectivity index (χ0) is 18.7. The van der Waals surface area contributed by atoms with Gasteiger partial charge in [-0.15, -0.1) is 0 Å². The first kappa shape index (κ1) is 17.8. The lowest BCUT2D eigenvalue weighted by Gasteiger charge is -2.12. The van der Waals surface area contributed by atoms with Crippen molar-refractivity contribution in [1.82, 2.24) is 14.9 Å². The number of anilines is 1.